The van der Waals surface area contributed by atoms with Gasteiger partial charge in [-0.05, 0) is 23.6 Å². The quantitative estimate of drug-likeness (QED) is 0.937. The van der Waals surface area contributed by atoms with E-state index < -0.39 is 0 Å². The molecule has 0 radical (unpaired) electrons. The molecule has 108 valence electrons. The Bertz CT molecular complexity index is 634. The van der Waals surface area contributed by atoms with E-state index in [1.165, 1.54) is 22.3 Å². The number of nitrogens with zero attached hydrogens (tertiary/aromatic N) is 1. The number of carbonyl (C=O) groups excluding carboxylic acids is 1. The topological polar surface area (TPSA) is 32.3 Å². The summed E-state index contributed by atoms with van der Waals surface area (Å²) in [5, 5.41) is 2.85. The molecule has 0 unspecified atom stereocenters. The minimum atomic E-state index is 0.123. The molecule has 1 amide bonds. The van der Waals surface area contributed by atoms with Crippen LogP contribution < -0.4 is 5.32 Å². The molecule has 1 fully saturated rings. The highest BCUT2D eigenvalue weighted by Crippen LogP contribution is 2.21. The molecule has 3 nitrogen and oxygen atoms in total. The molecule has 0 atom stereocenters. The SMILES string of the molecule is Cc1cccc(-c2ccc(CN3CCNC(=O)C3)cc2)c1. The standard InChI is InChI=1S/C18H20N2O/c1-14-3-2-4-17(11-14)16-7-5-15(6-8-16)12-20-10-9-19-18(21)13-20/h2-8,11H,9-10,12-13H2,1H3,(H,19,21). The van der Waals surface area contributed by atoms with Crippen LogP contribution in [-0.2, 0) is 11.3 Å². The van der Waals surface area contributed by atoms with Crippen LogP contribution in [0.3, 0.4) is 0 Å². The van der Waals surface area contributed by atoms with Gasteiger partial charge in [-0.15, -0.1) is 0 Å². The Balaban J connectivity index is 1.70. The molecule has 2 aromatic rings. The highest BCUT2D eigenvalue weighted by atomic mass is 16.2. The summed E-state index contributed by atoms with van der Waals surface area (Å²) < 4.78 is 0. The smallest absolute Gasteiger partial charge is 0.234 e. The average Bonchev–Trinajstić information content (AvgIpc) is 2.48. The van der Waals surface area contributed by atoms with Crippen molar-refractivity contribution in [3.05, 3.63) is 59.7 Å². The normalized spacial score (nSPS) is 15.8. The van der Waals surface area contributed by atoms with Crippen LogP contribution in [0.1, 0.15) is 11.1 Å². The predicted molar refractivity (Wildman–Crippen MR) is 84.9 cm³/mol. The Labute approximate surface area is 125 Å². The van der Waals surface area contributed by atoms with Crippen molar-refractivity contribution in [2.45, 2.75) is 13.5 Å². The van der Waals surface area contributed by atoms with E-state index in [2.05, 4.69) is 65.7 Å². The third-order valence-corrected chi connectivity index (χ3v) is 3.83. The Morgan fingerprint density at radius 1 is 1.10 bits per heavy atom. The fourth-order valence-electron chi connectivity index (χ4n) is 2.71. The second-order valence-corrected chi connectivity index (χ2v) is 5.63. The van der Waals surface area contributed by atoms with Crippen molar-refractivity contribution in [2.24, 2.45) is 0 Å². The number of hydrogen-bond acceptors (Lipinski definition) is 2. The molecule has 0 spiro atoms. The number of hydrogen-bond donors (Lipinski definition) is 1. The molecule has 1 aliphatic rings. The molecule has 1 N–H and O–H groups in total. The van der Waals surface area contributed by atoms with Crippen LogP contribution in [0.4, 0.5) is 0 Å². The van der Waals surface area contributed by atoms with Gasteiger partial charge in [0.15, 0.2) is 0 Å². The van der Waals surface area contributed by atoms with Crippen LogP contribution in [0.15, 0.2) is 48.5 Å². The third-order valence-electron chi connectivity index (χ3n) is 3.83. The van der Waals surface area contributed by atoms with Crippen molar-refractivity contribution in [3.63, 3.8) is 0 Å². The van der Waals surface area contributed by atoms with E-state index in [1.807, 2.05) is 0 Å². The molecule has 21 heavy (non-hydrogen) atoms. The van der Waals surface area contributed by atoms with Crippen LogP contribution in [0.5, 0.6) is 0 Å². The number of benzene rings is 2. The number of aryl methyl sites for hydroxylation is 1. The number of rotatable bonds is 3. The average molecular weight is 280 g/mol. The second-order valence-electron chi connectivity index (χ2n) is 5.63. The molecule has 0 bridgehead atoms. The lowest BCUT2D eigenvalue weighted by molar-refractivity contribution is -0.124. The number of nitrogens with one attached hydrogen (secondary N) is 1. The van der Waals surface area contributed by atoms with Crippen molar-refractivity contribution in [3.8, 4) is 11.1 Å². The van der Waals surface area contributed by atoms with Crippen molar-refractivity contribution in [1.82, 2.24) is 10.2 Å². The third kappa shape index (κ3) is 3.50. The first-order valence-corrected chi connectivity index (χ1v) is 7.36. The summed E-state index contributed by atoms with van der Waals surface area (Å²) in [6, 6.07) is 17.2. The van der Waals surface area contributed by atoms with E-state index in [0.717, 1.165) is 19.6 Å². The minimum absolute atomic E-state index is 0.123. The van der Waals surface area contributed by atoms with Crippen LogP contribution in [0, 0.1) is 6.92 Å². The van der Waals surface area contributed by atoms with E-state index in [0.29, 0.717) is 6.54 Å². The maximum Gasteiger partial charge on any atom is 0.234 e. The van der Waals surface area contributed by atoms with Crippen LogP contribution in [-0.4, -0.2) is 30.4 Å². The first-order valence-electron chi connectivity index (χ1n) is 7.36. The van der Waals surface area contributed by atoms with Gasteiger partial charge in [0.2, 0.25) is 5.91 Å². The van der Waals surface area contributed by atoms with Crippen molar-refractivity contribution < 1.29 is 4.79 Å². The van der Waals surface area contributed by atoms with Crippen molar-refractivity contribution in [1.29, 1.82) is 0 Å². The van der Waals surface area contributed by atoms with Crippen LogP contribution >= 0.6 is 0 Å². The zero-order chi connectivity index (χ0) is 14.7. The maximum atomic E-state index is 11.4. The van der Waals surface area contributed by atoms with E-state index in [4.69, 9.17) is 0 Å². The Morgan fingerprint density at radius 3 is 2.62 bits per heavy atom. The van der Waals surface area contributed by atoms with Gasteiger partial charge in [-0.1, -0.05) is 54.1 Å². The summed E-state index contributed by atoms with van der Waals surface area (Å²) in [4.78, 5) is 13.6. The molecule has 1 saturated heterocycles. The molecule has 2 aromatic carbocycles. The van der Waals surface area contributed by atoms with Crippen LogP contribution in [0.25, 0.3) is 11.1 Å². The van der Waals surface area contributed by atoms with E-state index in [9.17, 15) is 4.79 Å². The highest BCUT2D eigenvalue weighted by Gasteiger charge is 2.15. The van der Waals surface area contributed by atoms with Gasteiger partial charge in [0.1, 0.15) is 0 Å². The van der Waals surface area contributed by atoms with Crippen molar-refractivity contribution >= 4 is 5.91 Å². The Morgan fingerprint density at radius 2 is 1.90 bits per heavy atom. The summed E-state index contributed by atoms with van der Waals surface area (Å²) in [5.74, 6) is 0.123. The molecule has 1 heterocycles. The van der Waals surface area contributed by atoms with Crippen LogP contribution in [0.2, 0.25) is 0 Å². The Hall–Kier alpha value is -2.13. The minimum Gasteiger partial charge on any atom is -0.354 e. The van der Waals surface area contributed by atoms with E-state index in [-0.39, 0.29) is 5.91 Å². The zero-order valence-corrected chi connectivity index (χ0v) is 12.3. The fourth-order valence-corrected chi connectivity index (χ4v) is 2.71. The number of amides is 1. The van der Waals surface area contributed by atoms with Gasteiger partial charge in [-0.25, -0.2) is 0 Å². The van der Waals surface area contributed by atoms with Gasteiger partial charge in [0.25, 0.3) is 0 Å². The fraction of sp³-hybridized carbons (Fsp3) is 0.278. The Kier molecular flexibility index (Phi) is 4.02. The first-order chi connectivity index (χ1) is 10.2. The largest absolute Gasteiger partial charge is 0.354 e. The summed E-state index contributed by atoms with van der Waals surface area (Å²) >= 11 is 0. The summed E-state index contributed by atoms with van der Waals surface area (Å²) in [6.07, 6.45) is 0. The molecular formula is C18H20N2O. The van der Waals surface area contributed by atoms with Gasteiger partial charge >= 0.3 is 0 Å². The molecule has 3 rings (SSSR count). The van der Waals surface area contributed by atoms with Crippen molar-refractivity contribution in [2.75, 3.05) is 19.6 Å². The number of piperazine rings is 1. The van der Waals surface area contributed by atoms with Gasteiger partial charge in [-0.3, -0.25) is 9.69 Å². The van der Waals surface area contributed by atoms with Gasteiger partial charge in [-0.2, -0.15) is 0 Å². The van der Waals surface area contributed by atoms with Gasteiger partial charge in [0, 0.05) is 19.6 Å². The summed E-state index contributed by atoms with van der Waals surface area (Å²) in [7, 11) is 0. The lowest BCUT2D eigenvalue weighted by Gasteiger charge is -2.26. The lowest BCUT2D eigenvalue weighted by atomic mass is 10.0. The summed E-state index contributed by atoms with van der Waals surface area (Å²) in [5.41, 5.74) is 5.01. The molecule has 1 aliphatic heterocycles. The molecule has 0 aliphatic carbocycles. The predicted octanol–water partition coefficient (Wildman–Crippen LogP) is 2.59. The lowest BCUT2D eigenvalue weighted by Crippen LogP contribution is -2.47. The zero-order valence-electron chi connectivity index (χ0n) is 12.3. The maximum absolute atomic E-state index is 11.4. The molecule has 0 aromatic heterocycles. The molecule has 3 heteroatoms. The first kappa shape index (κ1) is 13.8. The molecule has 0 saturated carbocycles. The van der Waals surface area contributed by atoms with E-state index >= 15 is 0 Å². The van der Waals surface area contributed by atoms with E-state index in [1.54, 1.807) is 0 Å². The van der Waals surface area contributed by atoms with Gasteiger partial charge < -0.3 is 5.32 Å². The molecular weight excluding hydrogens is 260 g/mol. The summed E-state index contributed by atoms with van der Waals surface area (Å²) in [6.45, 7) is 5.12. The number of carbonyl (C=O) groups is 1. The second kappa shape index (κ2) is 6.10. The highest BCUT2D eigenvalue weighted by molar-refractivity contribution is 5.78. The van der Waals surface area contributed by atoms with Gasteiger partial charge in [0.05, 0.1) is 6.54 Å². The monoisotopic (exact) mass is 280 g/mol.